The monoisotopic (exact) mass is 407 g/mol. The Bertz CT molecular complexity index is 1180. The summed E-state index contributed by atoms with van der Waals surface area (Å²) in [6.07, 6.45) is 2.15. The summed E-state index contributed by atoms with van der Waals surface area (Å²) in [7, 11) is 1.38. The number of hydrogen-bond acceptors (Lipinski definition) is 7. The van der Waals surface area contributed by atoms with Gasteiger partial charge in [0.2, 0.25) is 0 Å². The van der Waals surface area contributed by atoms with Gasteiger partial charge in [0.1, 0.15) is 5.69 Å². The van der Waals surface area contributed by atoms with Gasteiger partial charge in [0.05, 0.1) is 7.11 Å². The van der Waals surface area contributed by atoms with E-state index in [1.54, 1.807) is 11.8 Å². The van der Waals surface area contributed by atoms with Crippen molar-refractivity contribution in [3.63, 3.8) is 0 Å². The standard InChI is InChI=1S/C21H18N2O3S.CH3N/c1-11-7-14(23-18-19(24)20(25)21(18)26-2)9-15(17(11)22)13-8-12-5-3-4-6-16(12)27-10-13;1-2/h3-9,23H,10,22H2,1-2H3;2H,1H2. The Balaban J connectivity index is 0.00000117. The number of rotatable bonds is 4. The van der Waals surface area contributed by atoms with E-state index in [-0.39, 0.29) is 11.4 Å². The van der Waals surface area contributed by atoms with E-state index in [1.807, 2.05) is 31.2 Å². The molecule has 0 amide bonds. The molecule has 1 aliphatic heterocycles. The fourth-order valence-corrected chi connectivity index (χ4v) is 4.25. The molecule has 148 valence electrons. The lowest BCUT2D eigenvalue weighted by Gasteiger charge is -2.20. The minimum absolute atomic E-state index is 0.0670. The highest BCUT2D eigenvalue weighted by molar-refractivity contribution is 7.99. The van der Waals surface area contributed by atoms with E-state index in [0.29, 0.717) is 11.4 Å². The topological polar surface area (TPSA) is 105 Å². The number of fused-ring (bicyclic) bond motifs is 1. The predicted molar refractivity (Wildman–Crippen MR) is 122 cm³/mol. The Labute approximate surface area is 172 Å². The molecule has 0 saturated heterocycles. The van der Waals surface area contributed by atoms with E-state index in [0.717, 1.165) is 22.5 Å². The molecule has 4 N–H and O–H groups in total. The van der Waals surface area contributed by atoms with Crippen molar-refractivity contribution in [3.05, 3.63) is 73.5 Å². The molecule has 0 saturated carbocycles. The Hall–Kier alpha value is -3.32. The van der Waals surface area contributed by atoms with Gasteiger partial charge in [-0.1, -0.05) is 18.2 Å². The van der Waals surface area contributed by atoms with E-state index in [4.69, 9.17) is 15.9 Å². The summed E-state index contributed by atoms with van der Waals surface area (Å²) in [5, 5.41) is 8.52. The number of anilines is 3. The predicted octanol–water partition coefficient (Wildman–Crippen LogP) is 3.84. The Morgan fingerprint density at radius 1 is 1.17 bits per heavy atom. The first kappa shape index (κ1) is 20.4. The Kier molecular flexibility index (Phi) is 5.89. The van der Waals surface area contributed by atoms with E-state index in [1.165, 1.54) is 17.6 Å². The Morgan fingerprint density at radius 3 is 2.62 bits per heavy atom. The molecule has 29 heavy (non-hydrogen) atoms. The number of thioether (sulfide) groups is 1. The number of methoxy groups -OCH3 is 1. The summed E-state index contributed by atoms with van der Waals surface area (Å²) >= 11 is 1.77. The second kappa shape index (κ2) is 8.36. The number of aryl methyl sites for hydroxylation is 1. The van der Waals surface area contributed by atoms with Crippen molar-refractivity contribution < 1.29 is 4.74 Å². The van der Waals surface area contributed by atoms with Crippen molar-refractivity contribution in [3.8, 4) is 5.75 Å². The third-order valence-electron chi connectivity index (χ3n) is 4.70. The molecule has 0 spiro atoms. The molecule has 0 fully saturated rings. The lowest BCUT2D eigenvalue weighted by molar-refractivity contribution is 0.408. The van der Waals surface area contributed by atoms with Crippen molar-refractivity contribution in [1.29, 1.82) is 5.41 Å². The first-order chi connectivity index (χ1) is 14.0. The Morgan fingerprint density at radius 2 is 1.90 bits per heavy atom. The second-order valence-corrected chi connectivity index (χ2v) is 7.46. The summed E-state index contributed by atoms with van der Waals surface area (Å²) in [5.74, 6) is 0.880. The SMILES string of the molecule is C=N.COc1c(Nc2cc(C)c(N)c(C3=Cc4ccccc4SC3)c2)c(=O)c1=O. The molecule has 3 aromatic carbocycles. The van der Waals surface area contributed by atoms with Crippen LogP contribution in [0.25, 0.3) is 11.6 Å². The molecule has 0 radical (unpaired) electrons. The fourth-order valence-electron chi connectivity index (χ4n) is 3.23. The quantitative estimate of drug-likeness (QED) is 0.345. The summed E-state index contributed by atoms with van der Waals surface area (Å²) in [6, 6.07) is 12.0. The van der Waals surface area contributed by atoms with Crippen LogP contribution in [-0.2, 0) is 0 Å². The maximum Gasteiger partial charge on any atom is 0.272 e. The van der Waals surface area contributed by atoms with Gasteiger partial charge in [-0.3, -0.25) is 9.59 Å². The van der Waals surface area contributed by atoms with Crippen molar-refractivity contribution in [1.82, 2.24) is 0 Å². The van der Waals surface area contributed by atoms with Crippen molar-refractivity contribution in [2.75, 3.05) is 23.9 Å². The van der Waals surface area contributed by atoms with Gasteiger partial charge >= 0.3 is 0 Å². The highest BCUT2D eigenvalue weighted by Crippen LogP contribution is 2.39. The number of benzene rings is 2. The number of nitrogens with two attached hydrogens (primary N) is 1. The summed E-state index contributed by atoms with van der Waals surface area (Å²) in [6.45, 7) is 4.42. The van der Waals surface area contributed by atoms with Crippen LogP contribution in [-0.4, -0.2) is 19.6 Å². The summed E-state index contributed by atoms with van der Waals surface area (Å²) in [5.41, 5.74) is 10.9. The molecule has 4 rings (SSSR count). The van der Waals surface area contributed by atoms with E-state index in [2.05, 4.69) is 30.2 Å². The van der Waals surface area contributed by atoms with E-state index < -0.39 is 10.9 Å². The average Bonchev–Trinajstić information content (AvgIpc) is 2.76. The zero-order valence-corrected chi connectivity index (χ0v) is 17.0. The van der Waals surface area contributed by atoms with Crippen LogP contribution in [0, 0.1) is 12.3 Å². The molecule has 1 aliphatic rings. The van der Waals surface area contributed by atoms with Gasteiger partial charge in [-0.05, 0) is 54.6 Å². The minimum atomic E-state index is -0.601. The van der Waals surface area contributed by atoms with Crippen molar-refractivity contribution in [2.45, 2.75) is 11.8 Å². The van der Waals surface area contributed by atoms with Crippen molar-refractivity contribution in [2.24, 2.45) is 0 Å². The second-order valence-electron chi connectivity index (χ2n) is 6.44. The van der Waals surface area contributed by atoms with Crippen LogP contribution in [0.1, 0.15) is 16.7 Å². The third-order valence-corrected chi connectivity index (χ3v) is 5.84. The normalized spacial score (nSPS) is 12.4. The molecule has 7 heteroatoms. The van der Waals surface area contributed by atoms with Gasteiger partial charge in [-0.25, -0.2) is 0 Å². The third kappa shape index (κ3) is 3.69. The zero-order valence-electron chi connectivity index (χ0n) is 16.2. The smallest absolute Gasteiger partial charge is 0.272 e. The first-order valence-corrected chi connectivity index (χ1v) is 9.80. The fraction of sp³-hybridized carbons (Fsp3) is 0.136. The van der Waals surface area contributed by atoms with Crippen molar-refractivity contribution >= 4 is 47.2 Å². The molecular weight excluding hydrogens is 386 g/mol. The van der Waals surface area contributed by atoms with E-state index in [9.17, 15) is 9.59 Å². The summed E-state index contributed by atoms with van der Waals surface area (Å²) < 4.78 is 5.00. The van der Waals surface area contributed by atoms with Crippen LogP contribution in [0.5, 0.6) is 5.75 Å². The van der Waals surface area contributed by atoms with Crippen LogP contribution >= 0.6 is 11.8 Å². The van der Waals surface area contributed by atoms with Gasteiger partial charge in [0.25, 0.3) is 10.9 Å². The van der Waals surface area contributed by atoms with Gasteiger partial charge in [0, 0.05) is 27.6 Å². The lowest BCUT2D eigenvalue weighted by Crippen LogP contribution is -2.34. The largest absolute Gasteiger partial charge is 0.491 e. The maximum absolute atomic E-state index is 11.8. The van der Waals surface area contributed by atoms with Gasteiger partial charge in [-0.15, -0.1) is 11.8 Å². The molecule has 1 heterocycles. The van der Waals surface area contributed by atoms with Crippen LogP contribution < -0.4 is 26.6 Å². The van der Waals surface area contributed by atoms with Gasteiger partial charge < -0.3 is 21.2 Å². The number of nitrogen functional groups attached to an aromatic ring is 1. The summed E-state index contributed by atoms with van der Waals surface area (Å²) in [4.78, 5) is 24.6. The molecule has 0 aliphatic carbocycles. The molecule has 6 nitrogen and oxygen atoms in total. The van der Waals surface area contributed by atoms with Gasteiger partial charge in [-0.2, -0.15) is 0 Å². The lowest BCUT2D eigenvalue weighted by atomic mass is 9.98. The van der Waals surface area contributed by atoms with E-state index >= 15 is 0 Å². The van der Waals surface area contributed by atoms with Crippen LogP contribution in [0.4, 0.5) is 17.1 Å². The molecule has 3 aromatic rings. The number of hydrogen-bond donors (Lipinski definition) is 3. The van der Waals surface area contributed by atoms with Crippen LogP contribution in [0.3, 0.4) is 0 Å². The highest BCUT2D eigenvalue weighted by atomic mass is 32.2. The zero-order chi connectivity index (χ0) is 21.1. The average molecular weight is 407 g/mol. The maximum atomic E-state index is 11.8. The molecular formula is C22H21N3O3S. The highest BCUT2D eigenvalue weighted by Gasteiger charge is 2.23. The molecule has 0 atom stereocenters. The number of nitrogens with one attached hydrogen (secondary N) is 2. The van der Waals surface area contributed by atoms with Gasteiger partial charge in [0.15, 0.2) is 5.75 Å². The van der Waals surface area contributed by atoms with Crippen LogP contribution in [0.15, 0.2) is 50.9 Å². The molecule has 0 bridgehead atoms. The molecule has 0 unspecified atom stereocenters. The minimum Gasteiger partial charge on any atom is -0.491 e. The first-order valence-electron chi connectivity index (χ1n) is 8.82. The van der Waals surface area contributed by atoms with Crippen LogP contribution in [0.2, 0.25) is 0 Å². The number of ether oxygens (including phenoxy) is 1. The molecule has 0 aromatic heterocycles.